The van der Waals surface area contributed by atoms with E-state index in [0.29, 0.717) is 12.0 Å². The van der Waals surface area contributed by atoms with Gasteiger partial charge in [-0.05, 0) is 11.6 Å². The lowest BCUT2D eigenvalue weighted by molar-refractivity contribution is -0.192. The van der Waals surface area contributed by atoms with Crippen LogP contribution in [0.15, 0.2) is 18.2 Å². The van der Waals surface area contributed by atoms with Crippen LogP contribution in [0, 0.1) is 5.92 Å². The van der Waals surface area contributed by atoms with Crippen LogP contribution in [0.25, 0.3) is 0 Å². The molecule has 9 heteroatoms. The molecule has 4 rings (SSSR count). The maximum atomic E-state index is 10.6. The van der Waals surface area contributed by atoms with Crippen molar-refractivity contribution in [3.05, 3.63) is 23.8 Å². The maximum Gasteiger partial charge on any atom is 0.490 e. The zero-order valence-corrected chi connectivity index (χ0v) is 13.5. The minimum Gasteiger partial charge on any atom is -0.475 e. The van der Waals surface area contributed by atoms with Crippen molar-refractivity contribution >= 4 is 17.3 Å². The summed E-state index contributed by atoms with van der Waals surface area (Å²) in [6.07, 6.45) is -5.08. The van der Waals surface area contributed by atoms with Gasteiger partial charge in [0.15, 0.2) is 0 Å². The molecule has 0 radical (unpaired) electrons. The fraction of sp³-hybridized carbons (Fsp3) is 0.562. The molecular weight excluding hydrogens is 339 g/mol. The Kier molecular flexibility index (Phi) is 5.05. The van der Waals surface area contributed by atoms with Gasteiger partial charge in [0.05, 0.1) is 24.6 Å². The van der Waals surface area contributed by atoms with Crippen LogP contribution in [0.5, 0.6) is 0 Å². The van der Waals surface area contributed by atoms with Crippen LogP contribution in [0.3, 0.4) is 0 Å². The number of ether oxygens (including phenoxy) is 1. The minimum atomic E-state index is -5.08. The van der Waals surface area contributed by atoms with E-state index >= 15 is 0 Å². The highest BCUT2D eigenvalue weighted by Gasteiger charge is 2.38. The zero-order valence-electron chi connectivity index (χ0n) is 13.5. The smallest absolute Gasteiger partial charge is 0.475 e. The van der Waals surface area contributed by atoms with E-state index in [4.69, 9.17) is 14.6 Å². The van der Waals surface area contributed by atoms with Gasteiger partial charge in [0.25, 0.3) is 0 Å². The molecule has 3 aliphatic rings. The molecule has 1 saturated heterocycles. The van der Waals surface area contributed by atoms with Crippen LogP contribution in [0.4, 0.5) is 24.5 Å². The fourth-order valence-electron chi connectivity index (χ4n) is 3.30. The normalized spacial score (nSPS) is 22.5. The average Bonchev–Trinajstić information content (AvgIpc) is 2.68. The maximum absolute atomic E-state index is 10.6. The lowest BCUT2D eigenvalue weighted by Crippen LogP contribution is -2.40. The number of nitrogens with one attached hydrogen (secondary N) is 2. The lowest BCUT2D eigenvalue weighted by Gasteiger charge is -2.36. The summed E-state index contributed by atoms with van der Waals surface area (Å²) in [5.74, 6) is -2.12. The number of carboxylic acid groups (broad SMARTS) is 1. The van der Waals surface area contributed by atoms with Gasteiger partial charge < -0.3 is 25.4 Å². The second-order valence-electron chi connectivity index (χ2n) is 6.19. The first-order chi connectivity index (χ1) is 11.9. The molecule has 138 valence electrons. The Morgan fingerprint density at radius 3 is 2.52 bits per heavy atom. The Hall–Kier alpha value is -2.00. The van der Waals surface area contributed by atoms with Crippen LogP contribution < -0.4 is 15.5 Å². The molecule has 1 aromatic rings. The highest BCUT2D eigenvalue weighted by Crippen LogP contribution is 2.41. The highest BCUT2D eigenvalue weighted by molar-refractivity contribution is 5.76. The Labute approximate surface area is 142 Å². The molecule has 1 aromatic carbocycles. The van der Waals surface area contributed by atoms with E-state index in [9.17, 15) is 13.2 Å². The SMILES string of the molecule is O=C(O)C(F)(F)F.c1cc2c3c(c1)C(C1COC1)NCCN3CCN2. The second-order valence-corrected chi connectivity index (χ2v) is 6.19. The molecule has 1 unspecified atom stereocenters. The molecule has 0 spiro atoms. The number of nitrogens with zero attached hydrogens (tertiary/aromatic N) is 1. The molecule has 25 heavy (non-hydrogen) atoms. The summed E-state index contributed by atoms with van der Waals surface area (Å²) in [6.45, 7) is 6.13. The number of anilines is 2. The molecule has 0 amide bonds. The third kappa shape index (κ3) is 3.82. The Morgan fingerprint density at radius 2 is 1.92 bits per heavy atom. The zero-order chi connectivity index (χ0) is 18.0. The number of carbonyl (C=O) groups is 1. The van der Waals surface area contributed by atoms with Gasteiger partial charge in [0.1, 0.15) is 0 Å². The number of hydrogen-bond donors (Lipinski definition) is 3. The average molecular weight is 359 g/mol. The molecule has 6 nitrogen and oxygen atoms in total. The third-order valence-electron chi connectivity index (χ3n) is 4.54. The monoisotopic (exact) mass is 359 g/mol. The molecule has 0 aromatic heterocycles. The summed E-state index contributed by atoms with van der Waals surface area (Å²) in [4.78, 5) is 11.4. The lowest BCUT2D eigenvalue weighted by atomic mass is 9.90. The number of carboxylic acids is 1. The predicted molar refractivity (Wildman–Crippen MR) is 85.9 cm³/mol. The first-order valence-electron chi connectivity index (χ1n) is 8.11. The number of hydrogen-bond acceptors (Lipinski definition) is 5. The van der Waals surface area contributed by atoms with Crippen molar-refractivity contribution in [2.24, 2.45) is 5.92 Å². The van der Waals surface area contributed by atoms with Crippen LogP contribution in [0.1, 0.15) is 11.6 Å². The standard InChI is InChI=1S/C14H19N3O.C2HF3O2/c1-2-11-13(10-8-18-9-10)16-5-7-17-6-4-15-12(3-1)14(11)17;3-2(4,5)1(6)7/h1-3,10,13,15-16H,4-9H2;(H,6,7). The van der Waals surface area contributed by atoms with Crippen LogP contribution in [0.2, 0.25) is 0 Å². The number of aliphatic carboxylic acids is 1. The van der Waals surface area contributed by atoms with Crippen LogP contribution >= 0.6 is 0 Å². The van der Waals surface area contributed by atoms with Gasteiger partial charge in [-0.2, -0.15) is 13.2 Å². The summed E-state index contributed by atoms with van der Waals surface area (Å²) >= 11 is 0. The molecule has 0 aliphatic carbocycles. The molecule has 1 fully saturated rings. The van der Waals surface area contributed by atoms with E-state index < -0.39 is 12.1 Å². The molecule has 1 atom stereocenters. The predicted octanol–water partition coefficient (Wildman–Crippen LogP) is 1.84. The van der Waals surface area contributed by atoms with Crippen molar-refractivity contribution in [3.8, 4) is 0 Å². The number of rotatable bonds is 1. The van der Waals surface area contributed by atoms with Gasteiger partial charge >= 0.3 is 12.1 Å². The van der Waals surface area contributed by atoms with Crippen LogP contribution in [-0.2, 0) is 9.53 Å². The summed E-state index contributed by atoms with van der Waals surface area (Å²) in [7, 11) is 0. The summed E-state index contributed by atoms with van der Waals surface area (Å²) in [5.41, 5.74) is 4.17. The first kappa shape index (κ1) is 17.8. The molecular formula is C16H20F3N3O3. The second kappa shape index (κ2) is 7.09. The summed E-state index contributed by atoms with van der Waals surface area (Å²) in [5, 5.41) is 14.4. The molecule has 0 bridgehead atoms. The largest absolute Gasteiger partial charge is 0.490 e. The van der Waals surface area contributed by atoms with Gasteiger partial charge in [-0.25, -0.2) is 4.79 Å². The van der Waals surface area contributed by atoms with E-state index in [1.54, 1.807) is 0 Å². The Bertz CT molecular complexity index is 635. The number of alkyl halides is 3. The fourth-order valence-corrected chi connectivity index (χ4v) is 3.30. The first-order valence-corrected chi connectivity index (χ1v) is 8.11. The number of halogens is 3. The molecule has 3 N–H and O–H groups in total. The minimum absolute atomic E-state index is 0.457. The molecule has 3 heterocycles. The van der Waals surface area contributed by atoms with Gasteiger partial charge in [-0.1, -0.05) is 12.1 Å². The summed E-state index contributed by atoms with van der Waals surface area (Å²) in [6, 6.07) is 7.10. The molecule has 3 aliphatic heterocycles. The van der Waals surface area contributed by atoms with Crippen molar-refractivity contribution in [2.45, 2.75) is 12.2 Å². The quantitative estimate of drug-likeness (QED) is 0.711. The molecule has 0 saturated carbocycles. The van der Waals surface area contributed by atoms with E-state index in [-0.39, 0.29) is 0 Å². The number of benzene rings is 1. The topological polar surface area (TPSA) is 73.8 Å². The van der Waals surface area contributed by atoms with Gasteiger partial charge in [0, 0.05) is 38.1 Å². The van der Waals surface area contributed by atoms with E-state index in [0.717, 1.165) is 39.4 Å². The highest BCUT2D eigenvalue weighted by atomic mass is 19.4. The van der Waals surface area contributed by atoms with Crippen molar-refractivity contribution in [1.82, 2.24) is 5.32 Å². The van der Waals surface area contributed by atoms with Gasteiger partial charge in [-0.3, -0.25) is 0 Å². The van der Waals surface area contributed by atoms with Gasteiger partial charge in [-0.15, -0.1) is 0 Å². The third-order valence-corrected chi connectivity index (χ3v) is 4.54. The van der Waals surface area contributed by atoms with E-state index in [2.05, 4.69) is 33.7 Å². The van der Waals surface area contributed by atoms with E-state index in [1.807, 2.05) is 0 Å². The Balaban J connectivity index is 0.000000225. The van der Waals surface area contributed by atoms with Crippen LogP contribution in [-0.4, -0.2) is 56.6 Å². The number of para-hydroxylation sites is 1. The van der Waals surface area contributed by atoms with Crippen molar-refractivity contribution in [1.29, 1.82) is 0 Å². The van der Waals surface area contributed by atoms with E-state index in [1.165, 1.54) is 16.9 Å². The summed E-state index contributed by atoms with van der Waals surface area (Å²) < 4.78 is 37.1. The van der Waals surface area contributed by atoms with Crippen molar-refractivity contribution < 1.29 is 27.8 Å². The Morgan fingerprint density at radius 1 is 1.24 bits per heavy atom. The van der Waals surface area contributed by atoms with Crippen molar-refractivity contribution in [3.63, 3.8) is 0 Å². The van der Waals surface area contributed by atoms with Gasteiger partial charge in [0.2, 0.25) is 0 Å². The van der Waals surface area contributed by atoms with Crippen molar-refractivity contribution in [2.75, 3.05) is 49.6 Å².